The molecule has 22 heavy (non-hydrogen) atoms. The van der Waals surface area contributed by atoms with E-state index in [9.17, 15) is 4.79 Å². The molecule has 0 bridgehead atoms. The molecule has 1 spiro atoms. The number of nitrogens with zero attached hydrogens (tertiary/aromatic N) is 4. The van der Waals surface area contributed by atoms with Gasteiger partial charge in [-0.2, -0.15) is 0 Å². The zero-order valence-electron chi connectivity index (χ0n) is 12.0. The number of carbonyl (C=O) groups excluding carboxylic acids is 1. The van der Waals surface area contributed by atoms with Crippen LogP contribution >= 0.6 is 15.9 Å². The van der Waals surface area contributed by atoms with Crippen LogP contribution in [0.5, 0.6) is 0 Å². The molecule has 1 amide bonds. The molecule has 2 aliphatic heterocycles. The van der Waals surface area contributed by atoms with Gasteiger partial charge in [-0.1, -0.05) is 0 Å². The molecular weight excluding hydrogens is 348 g/mol. The van der Waals surface area contributed by atoms with E-state index in [1.807, 2.05) is 10.6 Å². The molecular formula is C14H17BrN6O. The van der Waals surface area contributed by atoms with E-state index in [0.29, 0.717) is 17.0 Å². The fraction of sp³-hybridized carbons (Fsp3) is 0.500. The molecule has 2 aromatic rings. The minimum Gasteiger partial charge on any atom is -0.382 e. The Morgan fingerprint density at radius 1 is 1.41 bits per heavy atom. The smallest absolute Gasteiger partial charge is 0.228 e. The Labute approximate surface area is 136 Å². The van der Waals surface area contributed by atoms with Crippen molar-refractivity contribution >= 4 is 39.1 Å². The summed E-state index contributed by atoms with van der Waals surface area (Å²) in [5.41, 5.74) is 6.46. The molecule has 0 radical (unpaired) electrons. The van der Waals surface area contributed by atoms with Crippen LogP contribution in [-0.2, 0) is 4.79 Å². The predicted molar refractivity (Wildman–Crippen MR) is 86.6 cm³/mol. The molecule has 1 unspecified atom stereocenters. The first kappa shape index (κ1) is 13.8. The number of nitrogens with two attached hydrogens (primary N) is 1. The van der Waals surface area contributed by atoms with E-state index < -0.39 is 0 Å². The maximum absolute atomic E-state index is 12.2. The maximum atomic E-state index is 12.2. The number of nitrogen functional groups attached to an aromatic ring is 1. The summed E-state index contributed by atoms with van der Waals surface area (Å²) in [6.45, 7) is 2.37. The molecule has 3 N–H and O–H groups in total. The molecule has 2 aliphatic rings. The summed E-state index contributed by atoms with van der Waals surface area (Å²) in [7, 11) is 0. The Kier molecular flexibility index (Phi) is 3.04. The number of fused-ring (bicyclic) bond motifs is 1. The molecule has 4 rings (SSSR count). The third kappa shape index (κ3) is 1.89. The molecule has 7 nitrogen and oxygen atoms in total. The Morgan fingerprint density at radius 2 is 2.27 bits per heavy atom. The van der Waals surface area contributed by atoms with Gasteiger partial charge in [0.25, 0.3) is 0 Å². The summed E-state index contributed by atoms with van der Waals surface area (Å²) in [5, 5.41) is 2.97. The number of aromatic nitrogens is 3. The number of amides is 1. The van der Waals surface area contributed by atoms with E-state index in [2.05, 4.69) is 36.1 Å². The zero-order valence-corrected chi connectivity index (χ0v) is 13.6. The Hall–Kier alpha value is -1.83. The van der Waals surface area contributed by atoms with E-state index >= 15 is 0 Å². The summed E-state index contributed by atoms with van der Waals surface area (Å²) < 4.78 is 2.63. The van der Waals surface area contributed by atoms with Crippen molar-refractivity contribution in [1.82, 2.24) is 19.7 Å². The topological polar surface area (TPSA) is 88.5 Å². The number of piperidine rings is 1. The minimum absolute atomic E-state index is 0.179. The number of hydrogen-bond donors (Lipinski definition) is 2. The molecule has 116 valence electrons. The largest absolute Gasteiger partial charge is 0.382 e. The van der Waals surface area contributed by atoms with Crippen LogP contribution in [0.2, 0.25) is 0 Å². The lowest BCUT2D eigenvalue weighted by Gasteiger charge is -2.38. The van der Waals surface area contributed by atoms with E-state index in [1.165, 1.54) is 0 Å². The molecule has 1 atom stereocenters. The van der Waals surface area contributed by atoms with Crippen molar-refractivity contribution in [3.63, 3.8) is 0 Å². The second kappa shape index (κ2) is 4.84. The lowest BCUT2D eigenvalue weighted by molar-refractivity contribution is -0.128. The molecule has 2 saturated heterocycles. The quantitative estimate of drug-likeness (QED) is 0.792. The number of anilines is 2. The summed E-state index contributed by atoms with van der Waals surface area (Å²) >= 11 is 3.46. The molecule has 0 aromatic carbocycles. The SMILES string of the molecule is Nc1nccn2c(N3CCCC4(CCNC4=O)C3)nc(Br)c12. The highest BCUT2D eigenvalue weighted by molar-refractivity contribution is 9.10. The van der Waals surface area contributed by atoms with E-state index in [4.69, 9.17) is 5.73 Å². The lowest BCUT2D eigenvalue weighted by Crippen LogP contribution is -2.47. The Bertz CT molecular complexity index is 759. The fourth-order valence-corrected chi connectivity index (χ4v) is 4.19. The predicted octanol–water partition coefficient (Wildman–Crippen LogP) is 1.18. The second-order valence-electron chi connectivity index (χ2n) is 6.05. The van der Waals surface area contributed by atoms with Gasteiger partial charge in [-0.25, -0.2) is 9.97 Å². The molecule has 2 fully saturated rings. The van der Waals surface area contributed by atoms with Gasteiger partial charge < -0.3 is 16.0 Å². The van der Waals surface area contributed by atoms with Gasteiger partial charge in [0.05, 0.1) is 5.41 Å². The zero-order chi connectivity index (χ0) is 15.3. The number of halogens is 1. The van der Waals surface area contributed by atoms with Crippen molar-refractivity contribution in [2.45, 2.75) is 19.3 Å². The number of hydrogen-bond acceptors (Lipinski definition) is 5. The molecule has 2 aromatic heterocycles. The van der Waals surface area contributed by atoms with Gasteiger partial charge in [0, 0.05) is 32.0 Å². The van der Waals surface area contributed by atoms with Crippen molar-refractivity contribution in [1.29, 1.82) is 0 Å². The van der Waals surface area contributed by atoms with Gasteiger partial charge in [-0.15, -0.1) is 0 Å². The average molecular weight is 365 g/mol. The number of carbonyl (C=O) groups is 1. The van der Waals surface area contributed by atoms with Crippen LogP contribution < -0.4 is 16.0 Å². The van der Waals surface area contributed by atoms with E-state index in [0.717, 1.165) is 43.8 Å². The number of rotatable bonds is 1. The summed E-state index contributed by atoms with van der Waals surface area (Å²) in [5.74, 6) is 1.44. The van der Waals surface area contributed by atoms with Crippen molar-refractivity contribution in [3.05, 3.63) is 17.0 Å². The molecule has 4 heterocycles. The standard InChI is InChI=1S/C14H17BrN6O/c15-10-9-11(16)17-5-7-21(9)13(19-10)20-6-1-2-14(8-20)3-4-18-12(14)22/h5,7H,1-4,6,8H2,(H2,16,17)(H,18,22). The molecule has 0 aliphatic carbocycles. The Balaban J connectivity index is 1.76. The summed E-state index contributed by atoms with van der Waals surface area (Å²) in [6.07, 6.45) is 6.36. The fourth-order valence-electron chi connectivity index (χ4n) is 3.64. The van der Waals surface area contributed by atoms with Crippen molar-refractivity contribution in [2.75, 3.05) is 30.3 Å². The van der Waals surface area contributed by atoms with Crippen LogP contribution in [-0.4, -0.2) is 39.9 Å². The first-order chi connectivity index (χ1) is 10.6. The minimum atomic E-state index is -0.269. The average Bonchev–Trinajstić information content (AvgIpc) is 3.02. The van der Waals surface area contributed by atoms with Crippen LogP contribution in [0.1, 0.15) is 19.3 Å². The van der Waals surface area contributed by atoms with Gasteiger partial charge in [-0.05, 0) is 35.2 Å². The highest BCUT2D eigenvalue weighted by Crippen LogP contribution is 2.39. The number of nitrogens with one attached hydrogen (secondary N) is 1. The second-order valence-corrected chi connectivity index (χ2v) is 6.80. The third-order valence-corrected chi connectivity index (χ3v) is 5.31. The van der Waals surface area contributed by atoms with E-state index in [-0.39, 0.29) is 11.3 Å². The summed E-state index contributed by atoms with van der Waals surface area (Å²) in [6, 6.07) is 0. The normalized spacial score (nSPS) is 25.1. The van der Waals surface area contributed by atoms with Gasteiger partial charge in [0.1, 0.15) is 10.1 Å². The van der Waals surface area contributed by atoms with Gasteiger partial charge in [0.15, 0.2) is 5.82 Å². The molecule has 0 saturated carbocycles. The van der Waals surface area contributed by atoms with Crippen LogP contribution in [0.3, 0.4) is 0 Å². The van der Waals surface area contributed by atoms with Crippen molar-refractivity contribution in [3.8, 4) is 0 Å². The highest BCUT2D eigenvalue weighted by atomic mass is 79.9. The lowest BCUT2D eigenvalue weighted by atomic mass is 9.78. The number of imidazole rings is 1. The van der Waals surface area contributed by atoms with Gasteiger partial charge in [0.2, 0.25) is 11.9 Å². The van der Waals surface area contributed by atoms with Crippen LogP contribution in [0.25, 0.3) is 5.52 Å². The van der Waals surface area contributed by atoms with Crippen molar-refractivity contribution < 1.29 is 4.79 Å². The first-order valence-electron chi connectivity index (χ1n) is 7.42. The van der Waals surface area contributed by atoms with Crippen molar-refractivity contribution in [2.24, 2.45) is 5.41 Å². The van der Waals surface area contributed by atoms with Crippen LogP contribution in [0, 0.1) is 5.41 Å². The van der Waals surface area contributed by atoms with Gasteiger partial charge in [-0.3, -0.25) is 9.20 Å². The Morgan fingerprint density at radius 3 is 3.05 bits per heavy atom. The third-order valence-electron chi connectivity index (χ3n) is 4.75. The summed E-state index contributed by atoms with van der Waals surface area (Å²) in [4.78, 5) is 23.2. The highest BCUT2D eigenvalue weighted by Gasteiger charge is 2.45. The molecule has 8 heteroatoms. The van der Waals surface area contributed by atoms with Crippen LogP contribution in [0.4, 0.5) is 11.8 Å². The maximum Gasteiger partial charge on any atom is 0.228 e. The van der Waals surface area contributed by atoms with Gasteiger partial charge >= 0.3 is 0 Å². The first-order valence-corrected chi connectivity index (χ1v) is 8.21. The van der Waals surface area contributed by atoms with Crippen LogP contribution in [0.15, 0.2) is 17.0 Å². The van der Waals surface area contributed by atoms with E-state index in [1.54, 1.807) is 6.20 Å². The monoisotopic (exact) mass is 364 g/mol.